The second-order valence-electron chi connectivity index (χ2n) is 4.95. The average Bonchev–Trinajstić information content (AvgIpc) is 3.10. The third-order valence-corrected chi connectivity index (χ3v) is 3.28. The topological polar surface area (TPSA) is 116 Å². The Morgan fingerprint density at radius 1 is 1.12 bits per heavy atom. The van der Waals surface area contributed by atoms with Crippen LogP contribution in [0.1, 0.15) is 5.56 Å². The minimum Gasteiger partial charge on any atom is -0.326 e. The molecule has 9 nitrogen and oxygen atoms in total. The van der Waals surface area contributed by atoms with E-state index >= 15 is 0 Å². The Morgan fingerprint density at radius 3 is 2.42 bits per heavy atom. The zero-order valence-corrected chi connectivity index (χ0v) is 12.4. The van der Waals surface area contributed by atoms with E-state index in [1.54, 1.807) is 36.4 Å². The van der Waals surface area contributed by atoms with Gasteiger partial charge in [-0.05, 0) is 40.3 Å². The van der Waals surface area contributed by atoms with Crippen LogP contribution in [0.4, 0.5) is 11.4 Å². The number of carbonyl (C=O) groups is 1. The van der Waals surface area contributed by atoms with Crippen LogP contribution in [0.15, 0.2) is 54.9 Å². The summed E-state index contributed by atoms with van der Waals surface area (Å²) < 4.78 is 1.50. The standard InChI is InChI=1S/C15H12N6O3/c22-15(9-11-1-5-14(6-2-11)21(23)24)17-12-3-7-13(8-4-12)20-10-16-18-19-20/h1-8,10H,9H2,(H,17,22). The molecule has 120 valence electrons. The molecular formula is C15H12N6O3. The molecule has 0 saturated heterocycles. The number of nitro groups is 1. The van der Waals surface area contributed by atoms with Gasteiger partial charge in [0.15, 0.2) is 0 Å². The van der Waals surface area contributed by atoms with Crippen molar-refractivity contribution in [1.82, 2.24) is 20.2 Å². The Hall–Kier alpha value is -3.62. The number of nitrogens with one attached hydrogen (secondary N) is 1. The molecule has 0 fully saturated rings. The minimum absolute atomic E-state index is 0.00246. The van der Waals surface area contributed by atoms with Crippen molar-refractivity contribution < 1.29 is 9.72 Å². The lowest BCUT2D eigenvalue weighted by Gasteiger charge is -2.06. The Morgan fingerprint density at radius 2 is 1.83 bits per heavy atom. The Kier molecular flexibility index (Phi) is 4.23. The summed E-state index contributed by atoms with van der Waals surface area (Å²) >= 11 is 0. The summed E-state index contributed by atoms with van der Waals surface area (Å²) in [6.07, 6.45) is 1.61. The van der Waals surface area contributed by atoms with E-state index in [4.69, 9.17) is 0 Å². The highest BCUT2D eigenvalue weighted by molar-refractivity contribution is 5.92. The number of aromatic nitrogens is 4. The quantitative estimate of drug-likeness (QED) is 0.564. The molecule has 0 radical (unpaired) electrons. The van der Waals surface area contributed by atoms with Crippen molar-refractivity contribution >= 4 is 17.3 Å². The zero-order chi connectivity index (χ0) is 16.9. The van der Waals surface area contributed by atoms with E-state index in [1.807, 2.05) is 0 Å². The van der Waals surface area contributed by atoms with Crippen LogP contribution in [0.5, 0.6) is 0 Å². The van der Waals surface area contributed by atoms with Crippen LogP contribution in [0.2, 0.25) is 0 Å². The summed E-state index contributed by atoms with van der Waals surface area (Å²) in [5.41, 5.74) is 2.10. The van der Waals surface area contributed by atoms with Crippen LogP contribution in [0, 0.1) is 10.1 Å². The number of hydrogen-bond acceptors (Lipinski definition) is 6. The van der Waals surface area contributed by atoms with Gasteiger partial charge in [-0.25, -0.2) is 4.68 Å². The van der Waals surface area contributed by atoms with E-state index in [9.17, 15) is 14.9 Å². The normalized spacial score (nSPS) is 10.3. The second kappa shape index (κ2) is 6.65. The van der Waals surface area contributed by atoms with Crippen LogP contribution < -0.4 is 5.32 Å². The average molecular weight is 324 g/mol. The molecule has 0 unspecified atom stereocenters. The molecule has 2 aromatic carbocycles. The minimum atomic E-state index is -0.476. The molecule has 1 aromatic heterocycles. The number of tetrazole rings is 1. The molecule has 24 heavy (non-hydrogen) atoms. The van der Waals surface area contributed by atoms with Gasteiger partial charge in [0.05, 0.1) is 17.0 Å². The van der Waals surface area contributed by atoms with Gasteiger partial charge in [-0.1, -0.05) is 12.1 Å². The van der Waals surface area contributed by atoms with Crippen molar-refractivity contribution in [2.45, 2.75) is 6.42 Å². The van der Waals surface area contributed by atoms with Crippen LogP contribution in [-0.2, 0) is 11.2 Å². The molecule has 0 bridgehead atoms. The van der Waals surface area contributed by atoms with Gasteiger partial charge in [-0.2, -0.15) is 0 Å². The predicted molar refractivity (Wildman–Crippen MR) is 84.6 cm³/mol. The molecule has 0 aliphatic rings. The van der Waals surface area contributed by atoms with E-state index in [0.717, 1.165) is 5.69 Å². The molecule has 0 atom stereocenters. The number of rotatable bonds is 5. The van der Waals surface area contributed by atoms with Gasteiger partial charge in [-0.15, -0.1) is 5.10 Å². The third kappa shape index (κ3) is 3.58. The van der Waals surface area contributed by atoms with Gasteiger partial charge in [0.1, 0.15) is 6.33 Å². The van der Waals surface area contributed by atoms with Crippen LogP contribution >= 0.6 is 0 Å². The molecule has 9 heteroatoms. The first-order valence-corrected chi connectivity index (χ1v) is 6.98. The van der Waals surface area contributed by atoms with Crippen molar-refractivity contribution in [3.8, 4) is 5.69 Å². The summed E-state index contributed by atoms with van der Waals surface area (Å²) in [7, 11) is 0. The highest BCUT2D eigenvalue weighted by atomic mass is 16.6. The molecule has 0 aliphatic carbocycles. The molecule has 3 rings (SSSR count). The fourth-order valence-corrected chi connectivity index (χ4v) is 2.10. The zero-order valence-electron chi connectivity index (χ0n) is 12.4. The summed E-state index contributed by atoms with van der Waals surface area (Å²) in [6.45, 7) is 0. The lowest BCUT2D eigenvalue weighted by molar-refractivity contribution is -0.384. The van der Waals surface area contributed by atoms with Crippen molar-refractivity contribution in [3.63, 3.8) is 0 Å². The van der Waals surface area contributed by atoms with E-state index in [2.05, 4.69) is 20.8 Å². The fourth-order valence-electron chi connectivity index (χ4n) is 2.10. The number of nitro benzene ring substituents is 1. The van der Waals surface area contributed by atoms with Crippen molar-refractivity contribution in [2.24, 2.45) is 0 Å². The monoisotopic (exact) mass is 324 g/mol. The summed E-state index contributed by atoms with van der Waals surface area (Å²) in [6, 6.07) is 12.9. The van der Waals surface area contributed by atoms with Gasteiger partial charge < -0.3 is 5.32 Å². The van der Waals surface area contributed by atoms with Crippen molar-refractivity contribution in [2.75, 3.05) is 5.32 Å². The van der Waals surface area contributed by atoms with Gasteiger partial charge in [-0.3, -0.25) is 14.9 Å². The van der Waals surface area contributed by atoms with Crippen LogP contribution in [0.25, 0.3) is 5.69 Å². The predicted octanol–water partition coefficient (Wildman–Crippen LogP) is 1.75. The van der Waals surface area contributed by atoms with E-state index in [1.165, 1.54) is 23.1 Å². The smallest absolute Gasteiger partial charge is 0.269 e. The summed E-state index contributed by atoms with van der Waals surface area (Å²) in [5, 5.41) is 24.2. The Bertz CT molecular complexity index is 844. The summed E-state index contributed by atoms with van der Waals surface area (Å²) in [5.74, 6) is -0.209. The number of amides is 1. The molecule has 0 saturated carbocycles. The molecule has 0 aliphatic heterocycles. The molecule has 0 spiro atoms. The number of nitrogens with zero attached hydrogens (tertiary/aromatic N) is 5. The van der Waals surface area contributed by atoms with E-state index < -0.39 is 4.92 Å². The van der Waals surface area contributed by atoms with Gasteiger partial charge >= 0.3 is 0 Å². The van der Waals surface area contributed by atoms with Crippen molar-refractivity contribution in [3.05, 3.63) is 70.5 Å². The number of hydrogen-bond donors (Lipinski definition) is 1. The number of anilines is 1. The molecule has 1 amide bonds. The largest absolute Gasteiger partial charge is 0.326 e. The highest BCUT2D eigenvalue weighted by Crippen LogP contribution is 2.14. The molecule has 1 N–H and O–H groups in total. The van der Waals surface area contributed by atoms with Crippen LogP contribution in [-0.4, -0.2) is 31.0 Å². The van der Waals surface area contributed by atoms with Gasteiger partial charge in [0.25, 0.3) is 5.69 Å². The SMILES string of the molecule is O=C(Cc1ccc([N+](=O)[O-])cc1)Nc1ccc(-n2cnnn2)cc1. The maximum Gasteiger partial charge on any atom is 0.269 e. The molecule has 3 aromatic rings. The number of carbonyl (C=O) groups excluding carboxylic acids is 1. The summed E-state index contributed by atoms with van der Waals surface area (Å²) in [4.78, 5) is 22.2. The van der Waals surface area contributed by atoms with Gasteiger partial charge in [0.2, 0.25) is 5.91 Å². The van der Waals surface area contributed by atoms with Crippen molar-refractivity contribution in [1.29, 1.82) is 0 Å². The van der Waals surface area contributed by atoms with E-state index in [-0.39, 0.29) is 18.0 Å². The number of benzene rings is 2. The lowest BCUT2D eigenvalue weighted by Crippen LogP contribution is -2.14. The molecular weight excluding hydrogens is 312 g/mol. The lowest BCUT2D eigenvalue weighted by atomic mass is 10.1. The Balaban J connectivity index is 1.61. The first-order chi connectivity index (χ1) is 11.6. The maximum atomic E-state index is 12.0. The molecule has 1 heterocycles. The first-order valence-electron chi connectivity index (χ1n) is 6.98. The fraction of sp³-hybridized carbons (Fsp3) is 0.0667. The van der Waals surface area contributed by atoms with Crippen LogP contribution in [0.3, 0.4) is 0 Å². The highest BCUT2D eigenvalue weighted by Gasteiger charge is 2.08. The first kappa shape index (κ1) is 15.3. The third-order valence-electron chi connectivity index (χ3n) is 3.28. The maximum absolute atomic E-state index is 12.0. The number of non-ortho nitro benzene ring substituents is 1. The Labute approximate surface area is 136 Å². The van der Waals surface area contributed by atoms with E-state index in [0.29, 0.717) is 11.3 Å². The van der Waals surface area contributed by atoms with Gasteiger partial charge in [0, 0.05) is 17.8 Å². The second-order valence-corrected chi connectivity index (χ2v) is 4.95.